The number of alkyl halides is 1. The van der Waals surface area contributed by atoms with E-state index in [1.165, 1.54) is 6.42 Å². The van der Waals surface area contributed by atoms with Crippen molar-refractivity contribution in [2.75, 3.05) is 43.6 Å². The maximum atomic E-state index is 5.23. The number of unbranched alkanes of at least 4 members (excludes halogenated alkanes) is 4. The minimum absolute atomic E-state index is 0.0176. The smallest absolute Gasteiger partial charge is 0.166 e. The standard InChI is InChI=1S/C17H36N4S2.C15H32N4S2.CH3I/c1-16(2,3)20-14(22-7)18-12-10-9-11-13-19-15(23-8)21-17(4,5)6;1-14(2,3)18-12(20)16-10-8-7-9-11-17-13(21)19-15(4,5)6;1-2/h9-13H2,1-8H3,(H,18,20)(H,19,21);7-11H2,1-6H3,(H2,16,18,20)(H2,17,19,21);1H3. The zero-order valence-corrected chi connectivity index (χ0v) is 37.4. The topological polar surface area (TPSA) is 96.9 Å². The molecule has 0 saturated heterocycles. The van der Waals surface area contributed by atoms with Crippen LogP contribution in [0.5, 0.6) is 0 Å². The van der Waals surface area contributed by atoms with Crippen LogP contribution < -0.4 is 31.9 Å². The number of nitrogens with zero attached hydrogens (tertiary/aromatic N) is 2. The van der Waals surface area contributed by atoms with Gasteiger partial charge in [-0.25, -0.2) is 0 Å². The predicted molar refractivity (Wildman–Crippen MR) is 232 cm³/mol. The van der Waals surface area contributed by atoms with E-state index < -0.39 is 0 Å². The van der Waals surface area contributed by atoms with Gasteiger partial charge in [-0.2, -0.15) is 0 Å². The third kappa shape index (κ3) is 41.8. The molecule has 0 unspecified atom stereocenters. The lowest BCUT2D eigenvalue weighted by Gasteiger charge is -2.23. The van der Waals surface area contributed by atoms with Crippen LogP contribution >= 0.6 is 70.6 Å². The highest BCUT2D eigenvalue weighted by Crippen LogP contribution is 2.10. The van der Waals surface area contributed by atoms with Gasteiger partial charge in [0.2, 0.25) is 0 Å². The second-order valence-corrected chi connectivity index (χ2v) is 17.3. The molecule has 0 spiro atoms. The fraction of sp³-hybridized carbons (Fsp3) is 0.879. The fourth-order valence-corrected chi connectivity index (χ4v) is 5.38. The van der Waals surface area contributed by atoms with E-state index in [2.05, 4.69) is 160 Å². The molecular weight excluding hydrogens is 764 g/mol. The molecule has 6 N–H and O–H groups in total. The van der Waals surface area contributed by atoms with E-state index >= 15 is 0 Å². The van der Waals surface area contributed by atoms with Crippen LogP contribution in [0.2, 0.25) is 0 Å². The minimum Gasteiger partial charge on any atom is -0.365 e. The van der Waals surface area contributed by atoms with Gasteiger partial charge in [0.1, 0.15) is 0 Å². The Bertz CT molecular complexity index is 824. The van der Waals surface area contributed by atoms with Gasteiger partial charge in [-0.05, 0) is 163 Å². The zero-order valence-electron chi connectivity index (χ0n) is 32.0. The minimum atomic E-state index is -0.0195. The third-order valence-electron chi connectivity index (χ3n) is 5.07. The summed E-state index contributed by atoms with van der Waals surface area (Å²) in [4.78, 5) is 11.3. The molecule has 13 heteroatoms. The Balaban J connectivity index is -0.000000765. The molecule has 274 valence electrons. The number of rotatable bonds is 12. The van der Waals surface area contributed by atoms with Crippen molar-refractivity contribution < 1.29 is 0 Å². The second-order valence-electron chi connectivity index (χ2n) is 14.9. The average Bonchev–Trinajstić information content (AvgIpc) is 2.88. The summed E-state index contributed by atoms with van der Waals surface area (Å²) < 4.78 is 0. The number of hydrogen-bond acceptors (Lipinski definition) is 6. The van der Waals surface area contributed by atoms with Gasteiger partial charge in [0, 0.05) is 42.8 Å². The van der Waals surface area contributed by atoms with Crippen molar-refractivity contribution in [3.63, 3.8) is 0 Å². The summed E-state index contributed by atoms with van der Waals surface area (Å²) >= 11 is 16.0. The van der Waals surface area contributed by atoms with Crippen LogP contribution in [0.15, 0.2) is 9.98 Å². The van der Waals surface area contributed by atoms with Crippen molar-refractivity contribution in [1.82, 2.24) is 31.9 Å². The summed E-state index contributed by atoms with van der Waals surface area (Å²) in [6.07, 6.45) is 11.0. The van der Waals surface area contributed by atoms with Crippen molar-refractivity contribution in [1.29, 1.82) is 0 Å². The Hall–Kier alpha value is -0.250. The van der Waals surface area contributed by atoms with Gasteiger partial charge < -0.3 is 31.9 Å². The first kappa shape index (κ1) is 50.1. The van der Waals surface area contributed by atoms with Crippen molar-refractivity contribution >= 4 is 91.1 Å². The average molecular weight is 835 g/mol. The van der Waals surface area contributed by atoms with E-state index in [0.29, 0.717) is 0 Å². The summed E-state index contributed by atoms with van der Waals surface area (Å²) in [5.41, 5.74) is 0.0915. The van der Waals surface area contributed by atoms with Crippen LogP contribution in [0.25, 0.3) is 0 Å². The maximum Gasteiger partial charge on any atom is 0.166 e. The van der Waals surface area contributed by atoms with E-state index in [4.69, 9.17) is 24.4 Å². The Labute approximate surface area is 318 Å². The molecule has 0 aromatic carbocycles. The van der Waals surface area contributed by atoms with E-state index in [1.54, 1.807) is 23.5 Å². The van der Waals surface area contributed by atoms with Gasteiger partial charge >= 0.3 is 0 Å². The van der Waals surface area contributed by atoms with E-state index in [9.17, 15) is 0 Å². The van der Waals surface area contributed by atoms with E-state index in [1.807, 2.05) is 4.93 Å². The molecule has 0 heterocycles. The zero-order chi connectivity index (χ0) is 36.5. The number of halogens is 1. The lowest BCUT2D eigenvalue weighted by Crippen LogP contribution is -2.46. The fourth-order valence-electron chi connectivity index (χ4n) is 3.33. The van der Waals surface area contributed by atoms with Gasteiger partial charge in [0.25, 0.3) is 0 Å². The summed E-state index contributed by atoms with van der Waals surface area (Å²) in [5.74, 6) is 0. The van der Waals surface area contributed by atoms with E-state index in [0.717, 1.165) is 78.8 Å². The van der Waals surface area contributed by atoms with Crippen LogP contribution in [0.3, 0.4) is 0 Å². The molecule has 0 fully saturated rings. The molecule has 0 aromatic heterocycles. The molecule has 46 heavy (non-hydrogen) atoms. The van der Waals surface area contributed by atoms with Crippen LogP contribution in [-0.2, 0) is 0 Å². The Morgan fingerprint density at radius 1 is 0.543 bits per heavy atom. The van der Waals surface area contributed by atoms with Crippen LogP contribution in [-0.4, -0.2) is 86.3 Å². The quantitative estimate of drug-likeness (QED) is 0.0289. The highest BCUT2D eigenvalue weighted by atomic mass is 127. The molecule has 0 aromatic rings. The Morgan fingerprint density at radius 2 is 0.913 bits per heavy atom. The first-order chi connectivity index (χ1) is 21.1. The summed E-state index contributed by atoms with van der Waals surface area (Å²) in [7, 11) is 0. The normalized spacial score (nSPS) is 12.5. The monoisotopic (exact) mass is 834 g/mol. The largest absolute Gasteiger partial charge is 0.365 e. The van der Waals surface area contributed by atoms with Gasteiger partial charge in [-0.1, -0.05) is 46.1 Å². The lowest BCUT2D eigenvalue weighted by molar-refractivity contribution is 0.503. The molecule has 0 aliphatic carbocycles. The number of aliphatic imine (C=N–C) groups is 2. The molecule has 0 rings (SSSR count). The van der Waals surface area contributed by atoms with Gasteiger partial charge in [0.15, 0.2) is 20.6 Å². The van der Waals surface area contributed by atoms with Crippen LogP contribution in [0, 0.1) is 0 Å². The first-order valence-corrected chi connectivity index (χ1v) is 21.7. The lowest BCUT2D eigenvalue weighted by atomic mass is 10.1. The molecule has 0 aliphatic heterocycles. The molecule has 8 nitrogen and oxygen atoms in total. The highest BCUT2D eigenvalue weighted by Gasteiger charge is 2.12. The molecule has 0 radical (unpaired) electrons. The van der Waals surface area contributed by atoms with Crippen molar-refractivity contribution in [2.45, 2.75) is 144 Å². The summed E-state index contributed by atoms with van der Waals surface area (Å²) in [6.45, 7) is 29.1. The summed E-state index contributed by atoms with van der Waals surface area (Å²) in [5, 5.41) is 23.3. The summed E-state index contributed by atoms with van der Waals surface area (Å²) in [6, 6.07) is 0. The van der Waals surface area contributed by atoms with Gasteiger partial charge in [-0.15, -0.1) is 0 Å². The van der Waals surface area contributed by atoms with Crippen LogP contribution in [0.4, 0.5) is 0 Å². The highest BCUT2D eigenvalue weighted by molar-refractivity contribution is 14.1. The number of nitrogens with one attached hydrogen (secondary N) is 6. The number of amidine groups is 2. The first-order valence-electron chi connectivity index (χ1n) is 16.3. The van der Waals surface area contributed by atoms with Crippen LogP contribution in [0.1, 0.15) is 122 Å². The van der Waals surface area contributed by atoms with Gasteiger partial charge in [-0.3, -0.25) is 9.98 Å². The van der Waals surface area contributed by atoms with Crippen molar-refractivity contribution in [3.05, 3.63) is 0 Å². The van der Waals surface area contributed by atoms with Crippen molar-refractivity contribution in [2.24, 2.45) is 9.98 Å². The number of thioether (sulfide) groups is 2. The van der Waals surface area contributed by atoms with Gasteiger partial charge in [0.05, 0.1) is 5.54 Å². The molecular formula is C33H71IN8S4. The SMILES string of the molecule is CC(C)(C)NC(=S)NCCCCCNC(=S)NC(C)(C)C.CI.CSC(=NC(C)(C)C)NCCCCCN=C(NC(C)(C)C)SC. The predicted octanol–water partition coefficient (Wildman–Crippen LogP) is 8.10. The Morgan fingerprint density at radius 3 is 1.26 bits per heavy atom. The number of thiocarbonyl (C=S) groups is 2. The van der Waals surface area contributed by atoms with E-state index in [-0.39, 0.29) is 22.2 Å². The number of hydrogen-bond donors (Lipinski definition) is 6. The third-order valence-corrected chi connectivity index (χ3v) is 6.81. The van der Waals surface area contributed by atoms with Crippen molar-refractivity contribution in [3.8, 4) is 0 Å². The maximum absolute atomic E-state index is 5.23. The second kappa shape index (κ2) is 27.6. The molecule has 0 atom stereocenters. The molecule has 0 aliphatic rings. The molecule has 0 amide bonds. The molecule has 0 saturated carbocycles. The molecule has 0 bridgehead atoms. The Kier molecular flexibility index (Phi) is 30.0.